The van der Waals surface area contributed by atoms with Gasteiger partial charge in [0.15, 0.2) is 0 Å². The topological polar surface area (TPSA) is 28.2 Å². The van der Waals surface area contributed by atoms with E-state index in [2.05, 4.69) is 39.6 Å². The number of hydrogen-bond donors (Lipinski definition) is 1. The number of pyridine rings is 1. The Balaban J connectivity index is 1.55. The smallest absolute Gasteiger partial charge is 0.0809 e. The van der Waals surface area contributed by atoms with Crippen LogP contribution in [0.5, 0.6) is 0 Å². The first-order valence-corrected chi connectivity index (χ1v) is 8.00. The van der Waals surface area contributed by atoms with Gasteiger partial charge in [-0.1, -0.05) is 0 Å². The SMILES string of the molecule is CC(NCCN1CCCC1)c1cnc2ccsc2c1. The molecule has 1 saturated heterocycles. The molecule has 2 aromatic heterocycles. The van der Waals surface area contributed by atoms with Gasteiger partial charge < -0.3 is 10.2 Å². The van der Waals surface area contributed by atoms with Gasteiger partial charge in [-0.25, -0.2) is 0 Å². The molecule has 3 rings (SSSR count). The molecule has 0 aliphatic carbocycles. The number of fused-ring (bicyclic) bond motifs is 1. The first-order valence-electron chi connectivity index (χ1n) is 7.12. The molecule has 1 aliphatic rings. The van der Waals surface area contributed by atoms with E-state index in [0.29, 0.717) is 6.04 Å². The van der Waals surface area contributed by atoms with Crippen LogP contribution in [0, 0.1) is 0 Å². The van der Waals surface area contributed by atoms with Gasteiger partial charge in [0.25, 0.3) is 0 Å². The van der Waals surface area contributed by atoms with Gasteiger partial charge in [0.1, 0.15) is 0 Å². The molecular weight excluding hydrogens is 254 g/mol. The summed E-state index contributed by atoms with van der Waals surface area (Å²) in [5.41, 5.74) is 2.40. The van der Waals surface area contributed by atoms with E-state index in [1.54, 1.807) is 11.3 Å². The maximum atomic E-state index is 4.51. The molecule has 1 unspecified atom stereocenters. The summed E-state index contributed by atoms with van der Waals surface area (Å²) in [6.45, 7) is 7.00. The van der Waals surface area contributed by atoms with Crippen LogP contribution < -0.4 is 5.32 Å². The van der Waals surface area contributed by atoms with Crippen molar-refractivity contribution in [1.82, 2.24) is 15.2 Å². The second-order valence-corrected chi connectivity index (χ2v) is 6.24. The van der Waals surface area contributed by atoms with E-state index < -0.39 is 0 Å². The minimum Gasteiger partial charge on any atom is -0.309 e. The van der Waals surface area contributed by atoms with Crippen LogP contribution in [-0.4, -0.2) is 36.1 Å². The van der Waals surface area contributed by atoms with E-state index in [-0.39, 0.29) is 0 Å². The molecule has 0 saturated carbocycles. The van der Waals surface area contributed by atoms with Gasteiger partial charge in [0, 0.05) is 25.3 Å². The fourth-order valence-electron chi connectivity index (χ4n) is 2.66. The summed E-state index contributed by atoms with van der Waals surface area (Å²) in [6, 6.07) is 4.72. The minimum atomic E-state index is 0.376. The molecule has 0 amide bonds. The van der Waals surface area contributed by atoms with Gasteiger partial charge in [-0.2, -0.15) is 0 Å². The van der Waals surface area contributed by atoms with E-state index in [1.165, 1.54) is 42.7 Å². The summed E-state index contributed by atoms with van der Waals surface area (Å²) < 4.78 is 1.28. The largest absolute Gasteiger partial charge is 0.309 e. The fourth-order valence-corrected chi connectivity index (χ4v) is 3.45. The summed E-state index contributed by atoms with van der Waals surface area (Å²) in [4.78, 5) is 7.05. The number of aromatic nitrogens is 1. The molecule has 0 bridgehead atoms. The lowest BCUT2D eigenvalue weighted by atomic mass is 10.1. The number of thiophene rings is 1. The summed E-state index contributed by atoms with van der Waals surface area (Å²) >= 11 is 1.76. The third-order valence-electron chi connectivity index (χ3n) is 3.90. The molecule has 3 nitrogen and oxygen atoms in total. The Morgan fingerprint density at radius 3 is 3.11 bits per heavy atom. The highest BCUT2D eigenvalue weighted by atomic mass is 32.1. The summed E-state index contributed by atoms with van der Waals surface area (Å²) in [7, 11) is 0. The average Bonchev–Trinajstić information content (AvgIpc) is 3.08. The van der Waals surface area contributed by atoms with Crippen molar-refractivity contribution in [2.45, 2.75) is 25.8 Å². The van der Waals surface area contributed by atoms with Crippen LogP contribution in [-0.2, 0) is 0 Å². The number of likely N-dealkylation sites (tertiary alicyclic amines) is 1. The van der Waals surface area contributed by atoms with E-state index in [1.807, 2.05) is 6.20 Å². The monoisotopic (exact) mass is 275 g/mol. The molecule has 1 aliphatic heterocycles. The zero-order valence-electron chi connectivity index (χ0n) is 11.4. The van der Waals surface area contributed by atoms with Crippen molar-refractivity contribution < 1.29 is 0 Å². The molecular formula is C15H21N3S. The summed E-state index contributed by atoms with van der Waals surface area (Å²) in [6.07, 6.45) is 4.74. The molecule has 0 radical (unpaired) electrons. The highest BCUT2D eigenvalue weighted by molar-refractivity contribution is 7.17. The van der Waals surface area contributed by atoms with Crippen molar-refractivity contribution in [3.05, 3.63) is 29.3 Å². The maximum absolute atomic E-state index is 4.51. The second kappa shape index (κ2) is 5.99. The Morgan fingerprint density at radius 2 is 2.26 bits per heavy atom. The Morgan fingerprint density at radius 1 is 1.42 bits per heavy atom. The third kappa shape index (κ3) is 3.14. The molecule has 0 spiro atoms. The van der Waals surface area contributed by atoms with Crippen molar-refractivity contribution in [2.75, 3.05) is 26.2 Å². The van der Waals surface area contributed by atoms with Crippen LogP contribution in [0.4, 0.5) is 0 Å². The van der Waals surface area contributed by atoms with Crippen molar-refractivity contribution in [2.24, 2.45) is 0 Å². The zero-order valence-corrected chi connectivity index (χ0v) is 12.2. The summed E-state index contributed by atoms with van der Waals surface area (Å²) in [5, 5.41) is 5.71. The van der Waals surface area contributed by atoms with Gasteiger partial charge in [0.2, 0.25) is 0 Å². The van der Waals surface area contributed by atoms with Crippen LogP contribution >= 0.6 is 11.3 Å². The Labute approximate surface area is 118 Å². The Kier molecular flexibility index (Phi) is 4.11. The lowest BCUT2D eigenvalue weighted by molar-refractivity contribution is 0.330. The molecule has 2 aromatic rings. The predicted molar refractivity (Wildman–Crippen MR) is 81.7 cm³/mol. The van der Waals surface area contributed by atoms with Gasteiger partial charge >= 0.3 is 0 Å². The van der Waals surface area contributed by atoms with E-state index >= 15 is 0 Å². The van der Waals surface area contributed by atoms with Crippen molar-refractivity contribution in [3.63, 3.8) is 0 Å². The number of hydrogen-bond acceptors (Lipinski definition) is 4. The van der Waals surface area contributed by atoms with E-state index in [4.69, 9.17) is 0 Å². The van der Waals surface area contributed by atoms with Crippen LogP contribution in [0.25, 0.3) is 10.2 Å². The van der Waals surface area contributed by atoms with Crippen LogP contribution in [0.3, 0.4) is 0 Å². The Hall–Kier alpha value is -0.970. The van der Waals surface area contributed by atoms with Crippen LogP contribution in [0.15, 0.2) is 23.7 Å². The second-order valence-electron chi connectivity index (χ2n) is 5.30. The van der Waals surface area contributed by atoms with Gasteiger partial charge in [0.05, 0.1) is 10.2 Å². The lowest BCUT2D eigenvalue weighted by Gasteiger charge is -2.18. The zero-order chi connectivity index (χ0) is 13.1. The standard InChI is InChI=1S/C15H21N3S/c1-12(16-5-8-18-6-2-3-7-18)13-10-15-14(17-11-13)4-9-19-15/h4,9-12,16H,2-3,5-8H2,1H3. The fraction of sp³-hybridized carbons (Fsp3) is 0.533. The van der Waals surface area contributed by atoms with Crippen LogP contribution in [0.2, 0.25) is 0 Å². The molecule has 1 fully saturated rings. The molecule has 4 heteroatoms. The maximum Gasteiger partial charge on any atom is 0.0809 e. The summed E-state index contributed by atoms with van der Waals surface area (Å²) in [5.74, 6) is 0. The third-order valence-corrected chi connectivity index (χ3v) is 4.75. The first kappa shape index (κ1) is 13.0. The number of nitrogens with one attached hydrogen (secondary N) is 1. The molecule has 0 aromatic carbocycles. The Bertz CT molecular complexity index is 531. The quantitative estimate of drug-likeness (QED) is 0.909. The van der Waals surface area contributed by atoms with Gasteiger partial charge in [-0.3, -0.25) is 4.98 Å². The predicted octanol–water partition coefficient (Wildman–Crippen LogP) is 3.04. The minimum absolute atomic E-state index is 0.376. The molecule has 1 atom stereocenters. The average molecular weight is 275 g/mol. The van der Waals surface area contributed by atoms with Gasteiger partial charge in [-0.15, -0.1) is 11.3 Å². The normalized spacial score (nSPS) is 18.2. The van der Waals surface area contributed by atoms with Gasteiger partial charge in [-0.05, 0) is 55.9 Å². The number of nitrogens with zero attached hydrogens (tertiary/aromatic N) is 2. The molecule has 19 heavy (non-hydrogen) atoms. The van der Waals surface area contributed by atoms with Crippen molar-refractivity contribution in [1.29, 1.82) is 0 Å². The molecule has 102 valence electrons. The van der Waals surface area contributed by atoms with Crippen LogP contribution in [0.1, 0.15) is 31.4 Å². The first-order chi connectivity index (χ1) is 9.33. The van der Waals surface area contributed by atoms with E-state index in [9.17, 15) is 0 Å². The van der Waals surface area contributed by atoms with E-state index in [0.717, 1.165) is 12.1 Å². The van der Waals surface area contributed by atoms with Crippen molar-refractivity contribution >= 4 is 21.6 Å². The van der Waals surface area contributed by atoms with Crippen molar-refractivity contribution in [3.8, 4) is 0 Å². The highest BCUT2D eigenvalue weighted by Crippen LogP contribution is 2.22. The molecule has 3 heterocycles. The molecule has 1 N–H and O–H groups in total. The number of rotatable bonds is 5. The highest BCUT2D eigenvalue weighted by Gasteiger charge is 2.12. The lowest BCUT2D eigenvalue weighted by Crippen LogP contribution is -2.31.